The predicted molar refractivity (Wildman–Crippen MR) is 179 cm³/mol. The van der Waals surface area contributed by atoms with Gasteiger partial charge in [0.15, 0.2) is 0 Å². The maximum absolute atomic E-state index is 6.58. The number of pyridine rings is 1. The zero-order chi connectivity index (χ0) is 29.8. The van der Waals surface area contributed by atoms with E-state index in [2.05, 4.69) is 143 Å². The van der Waals surface area contributed by atoms with Crippen LogP contribution in [0.15, 0.2) is 101 Å². The number of fused-ring (bicyclic) bond motifs is 4. The van der Waals surface area contributed by atoms with Gasteiger partial charge >= 0.3 is 0 Å². The van der Waals surface area contributed by atoms with E-state index in [-0.39, 0.29) is 0 Å². The number of hydrogen-bond donors (Lipinski definition) is 0. The molecule has 0 aliphatic rings. The predicted octanol–water partition coefficient (Wildman–Crippen LogP) is 11.0. The highest BCUT2D eigenvalue weighted by atomic mass is 16.3. The van der Waals surface area contributed by atoms with Gasteiger partial charge in [-0.3, -0.25) is 4.57 Å². The summed E-state index contributed by atoms with van der Waals surface area (Å²) in [5.41, 5.74) is 11.8. The van der Waals surface area contributed by atoms with E-state index >= 15 is 0 Å². The number of nitrogens with zero attached hydrogens (tertiary/aromatic N) is 3. The summed E-state index contributed by atoms with van der Waals surface area (Å²) in [5, 5.41) is 2.09. The van der Waals surface area contributed by atoms with E-state index in [1.807, 2.05) is 0 Å². The first kappa shape index (κ1) is 27.2. The molecular weight excluding hydrogens is 526 g/mol. The average molecular weight is 564 g/mol. The Morgan fingerprint density at radius 1 is 0.605 bits per heavy atom. The van der Waals surface area contributed by atoms with Crippen molar-refractivity contribution in [3.05, 3.63) is 114 Å². The first-order valence-electron chi connectivity index (χ1n) is 15.4. The van der Waals surface area contributed by atoms with Crippen molar-refractivity contribution >= 4 is 33.1 Å². The molecule has 4 nitrogen and oxygen atoms in total. The molecule has 0 atom stereocenters. The minimum atomic E-state index is 0.297. The number of aromatic nitrogens is 3. The van der Waals surface area contributed by atoms with Crippen LogP contribution < -0.4 is 0 Å². The lowest BCUT2D eigenvalue weighted by Crippen LogP contribution is -2.09. The zero-order valence-corrected chi connectivity index (χ0v) is 25.7. The van der Waals surface area contributed by atoms with Gasteiger partial charge in [0.2, 0.25) is 5.71 Å². The summed E-state index contributed by atoms with van der Waals surface area (Å²) >= 11 is 0. The SMILES string of the molecule is CC(C)c1ccc2c(n1)oc1c(-c3nc4ccccc4n3-c3c(C(C)C)cc(-c4ccccc4)cc3C(C)C)cccc12. The second-order valence-electron chi connectivity index (χ2n) is 12.5. The molecule has 0 saturated heterocycles. The molecule has 0 bridgehead atoms. The number of hydrogen-bond acceptors (Lipinski definition) is 3. The lowest BCUT2D eigenvalue weighted by atomic mass is 9.88. The molecule has 0 aliphatic carbocycles. The Bertz CT molecular complexity index is 2080. The molecule has 214 valence electrons. The normalized spacial score (nSPS) is 12.1. The summed E-state index contributed by atoms with van der Waals surface area (Å²) in [7, 11) is 0. The Balaban J connectivity index is 1.57. The molecule has 0 aliphatic heterocycles. The quantitative estimate of drug-likeness (QED) is 0.202. The molecule has 7 rings (SSSR count). The summed E-state index contributed by atoms with van der Waals surface area (Å²) in [6.07, 6.45) is 0. The van der Waals surface area contributed by atoms with E-state index in [0.717, 1.165) is 44.5 Å². The summed E-state index contributed by atoms with van der Waals surface area (Å²) in [4.78, 5) is 10.2. The monoisotopic (exact) mass is 563 g/mol. The number of benzene rings is 4. The lowest BCUT2D eigenvalue weighted by Gasteiger charge is -2.24. The molecular formula is C39H37N3O. The molecule has 0 spiro atoms. The van der Waals surface area contributed by atoms with E-state index in [9.17, 15) is 0 Å². The van der Waals surface area contributed by atoms with Crippen LogP contribution in [-0.2, 0) is 0 Å². The third-order valence-electron chi connectivity index (χ3n) is 8.52. The Labute approximate surface area is 253 Å². The van der Waals surface area contributed by atoms with E-state index in [1.165, 1.54) is 27.9 Å². The van der Waals surface area contributed by atoms with Crippen LogP contribution >= 0.6 is 0 Å². The summed E-state index contributed by atoms with van der Waals surface area (Å²) in [6, 6.07) is 34.5. The molecule has 0 saturated carbocycles. The average Bonchev–Trinajstić information content (AvgIpc) is 3.58. The van der Waals surface area contributed by atoms with Gasteiger partial charge in [-0.25, -0.2) is 9.97 Å². The van der Waals surface area contributed by atoms with Gasteiger partial charge < -0.3 is 4.42 Å². The first-order chi connectivity index (χ1) is 20.8. The van der Waals surface area contributed by atoms with Gasteiger partial charge in [-0.2, -0.15) is 0 Å². The van der Waals surface area contributed by atoms with E-state index in [1.54, 1.807) is 0 Å². The molecule has 4 heteroatoms. The van der Waals surface area contributed by atoms with Crippen LogP contribution in [0.1, 0.15) is 76.1 Å². The van der Waals surface area contributed by atoms with Crippen molar-refractivity contribution in [1.29, 1.82) is 0 Å². The number of furan rings is 1. The molecule has 7 aromatic rings. The van der Waals surface area contributed by atoms with Crippen LogP contribution in [0.4, 0.5) is 0 Å². The Kier molecular flexibility index (Phi) is 6.65. The third-order valence-corrected chi connectivity index (χ3v) is 8.52. The molecule has 3 heterocycles. The smallest absolute Gasteiger partial charge is 0.227 e. The summed E-state index contributed by atoms with van der Waals surface area (Å²) in [6.45, 7) is 13.5. The highest BCUT2D eigenvalue weighted by molar-refractivity contribution is 6.08. The maximum atomic E-state index is 6.58. The van der Waals surface area contributed by atoms with Gasteiger partial charge in [0.05, 0.1) is 22.3 Å². The van der Waals surface area contributed by atoms with Gasteiger partial charge in [-0.15, -0.1) is 0 Å². The number of rotatable bonds is 6. The molecule has 0 unspecified atom stereocenters. The van der Waals surface area contributed by atoms with Crippen LogP contribution in [0.2, 0.25) is 0 Å². The summed E-state index contributed by atoms with van der Waals surface area (Å²) < 4.78 is 8.96. The van der Waals surface area contributed by atoms with Crippen LogP contribution in [0.5, 0.6) is 0 Å². The van der Waals surface area contributed by atoms with E-state index in [0.29, 0.717) is 23.5 Å². The van der Waals surface area contributed by atoms with Crippen molar-refractivity contribution in [3.8, 4) is 28.2 Å². The Morgan fingerprint density at radius 3 is 2.00 bits per heavy atom. The third kappa shape index (κ3) is 4.53. The van der Waals surface area contributed by atoms with Crippen molar-refractivity contribution in [2.24, 2.45) is 0 Å². The fraction of sp³-hybridized carbons (Fsp3) is 0.231. The van der Waals surface area contributed by atoms with Crippen molar-refractivity contribution < 1.29 is 4.42 Å². The molecule has 43 heavy (non-hydrogen) atoms. The molecule has 0 fully saturated rings. The maximum Gasteiger partial charge on any atom is 0.227 e. The standard InChI is InChI=1S/C39H37N3O/c1-23(2)31-21-27(26-13-8-7-9-14-26)22-32(24(3)4)36(31)42-35-18-11-10-17-34(35)40-38(42)30-16-12-15-28-29-19-20-33(25(5)6)41-39(29)43-37(28)30/h7-25H,1-6H3. The molecule has 0 N–H and O–H groups in total. The zero-order valence-electron chi connectivity index (χ0n) is 25.7. The van der Waals surface area contributed by atoms with E-state index in [4.69, 9.17) is 14.4 Å². The second-order valence-corrected chi connectivity index (χ2v) is 12.5. The fourth-order valence-electron chi connectivity index (χ4n) is 6.24. The molecule has 0 amide bonds. The van der Waals surface area contributed by atoms with Crippen LogP contribution in [0.25, 0.3) is 61.3 Å². The van der Waals surface area contributed by atoms with Gasteiger partial charge in [-0.05, 0) is 82.5 Å². The molecule has 0 radical (unpaired) electrons. The van der Waals surface area contributed by atoms with Crippen molar-refractivity contribution in [2.75, 3.05) is 0 Å². The van der Waals surface area contributed by atoms with Gasteiger partial charge in [-0.1, -0.05) is 96.1 Å². The Morgan fingerprint density at radius 2 is 1.30 bits per heavy atom. The van der Waals surface area contributed by atoms with Gasteiger partial charge in [0.25, 0.3) is 0 Å². The van der Waals surface area contributed by atoms with Gasteiger partial charge in [0.1, 0.15) is 11.4 Å². The molecule has 3 aromatic heterocycles. The minimum absolute atomic E-state index is 0.297. The summed E-state index contributed by atoms with van der Waals surface area (Å²) in [5.74, 6) is 1.80. The number of para-hydroxylation sites is 3. The highest BCUT2D eigenvalue weighted by Crippen LogP contribution is 2.42. The Hall–Kier alpha value is -4.70. The first-order valence-corrected chi connectivity index (χ1v) is 15.4. The lowest BCUT2D eigenvalue weighted by molar-refractivity contribution is 0.648. The minimum Gasteiger partial charge on any atom is -0.437 e. The van der Waals surface area contributed by atoms with Crippen LogP contribution in [0.3, 0.4) is 0 Å². The van der Waals surface area contributed by atoms with Gasteiger partial charge in [0, 0.05) is 16.5 Å². The van der Waals surface area contributed by atoms with Crippen molar-refractivity contribution in [2.45, 2.75) is 59.3 Å². The van der Waals surface area contributed by atoms with Crippen molar-refractivity contribution in [3.63, 3.8) is 0 Å². The highest BCUT2D eigenvalue weighted by Gasteiger charge is 2.25. The fourth-order valence-corrected chi connectivity index (χ4v) is 6.24. The molecule has 4 aromatic carbocycles. The van der Waals surface area contributed by atoms with Crippen LogP contribution in [-0.4, -0.2) is 14.5 Å². The topological polar surface area (TPSA) is 43.9 Å². The largest absolute Gasteiger partial charge is 0.437 e. The van der Waals surface area contributed by atoms with Crippen LogP contribution in [0, 0.1) is 0 Å². The number of imidazole rings is 1. The second kappa shape index (κ2) is 10.5. The van der Waals surface area contributed by atoms with Crippen molar-refractivity contribution in [1.82, 2.24) is 14.5 Å². The van der Waals surface area contributed by atoms with E-state index < -0.39 is 0 Å².